The van der Waals surface area contributed by atoms with Crippen LogP contribution in [0.5, 0.6) is 0 Å². The van der Waals surface area contributed by atoms with Crippen molar-refractivity contribution in [2.24, 2.45) is 0 Å². The van der Waals surface area contributed by atoms with E-state index < -0.39 is 0 Å². The maximum atomic E-state index is 11.9. The molecule has 2 aromatic rings. The van der Waals surface area contributed by atoms with Gasteiger partial charge in [0.15, 0.2) is 0 Å². The molecule has 1 aromatic carbocycles. The van der Waals surface area contributed by atoms with E-state index >= 15 is 0 Å². The minimum Gasteiger partial charge on any atom is -0.467 e. The first-order valence-electron chi connectivity index (χ1n) is 5.80. The van der Waals surface area contributed by atoms with Crippen molar-refractivity contribution in [3.8, 4) is 0 Å². The standard InChI is InChI=1S/C14H14ClNO2S/c1-16(9-12-3-2-8-18-12)14(17)10-19-13-6-4-11(15)5-7-13/h2-8H,9-10H2,1H3. The lowest BCUT2D eigenvalue weighted by molar-refractivity contribution is -0.127. The molecular formula is C14H14ClNO2S. The quantitative estimate of drug-likeness (QED) is 0.789. The van der Waals surface area contributed by atoms with Gasteiger partial charge in [0.2, 0.25) is 5.91 Å². The Morgan fingerprint density at radius 1 is 1.32 bits per heavy atom. The zero-order chi connectivity index (χ0) is 13.7. The summed E-state index contributed by atoms with van der Waals surface area (Å²) < 4.78 is 5.21. The van der Waals surface area contributed by atoms with E-state index in [1.54, 1.807) is 18.2 Å². The Balaban J connectivity index is 1.82. The van der Waals surface area contributed by atoms with Crippen LogP contribution in [0.4, 0.5) is 0 Å². The first kappa shape index (κ1) is 14.0. The molecule has 0 atom stereocenters. The molecule has 0 unspecified atom stereocenters. The van der Waals surface area contributed by atoms with E-state index in [0.29, 0.717) is 17.3 Å². The molecule has 1 aromatic heterocycles. The normalized spacial score (nSPS) is 10.4. The van der Waals surface area contributed by atoms with Crippen LogP contribution in [-0.2, 0) is 11.3 Å². The van der Waals surface area contributed by atoms with Crippen LogP contribution in [-0.4, -0.2) is 23.6 Å². The molecule has 1 amide bonds. The zero-order valence-electron chi connectivity index (χ0n) is 10.5. The van der Waals surface area contributed by atoms with Crippen molar-refractivity contribution in [3.05, 3.63) is 53.4 Å². The van der Waals surface area contributed by atoms with Crippen LogP contribution in [0.15, 0.2) is 52.0 Å². The van der Waals surface area contributed by atoms with E-state index in [-0.39, 0.29) is 5.91 Å². The van der Waals surface area contributed by atoms with Crippen LogP contribution >= 0.6 is 23.4 Å². The SMILES string of the molecule is CN(Cc1ccco1)C(=O)CSc1ccc(Cl)cc1. The number of amides is 1. The summed E-state index contributed by atoms with van der Waals surface area (Å²) in [6.07, 6.45) is 1.61. The Morgan fingerprint density at radius 2 is 2.05 bits per heavy atom. The number of furan rings is 1. The monoisotopic (exact) mass is 295 g/mol. The van der Waals surface area contributed by atoms with E-state index in [1.807, 2.05) is 36.4 Å². The van der Waals surface area contributed by atoms with Crippen LogP contribution in [0.2, 0.25) is 5.02 Å². The molecule has 0 N–H and O–H groups in total. The van der Waals surface area contributed by atoms with Crippen molar-refractivity contribution in [1.29, 1.82) is 0 Å². The Kier molecular flexibility index (Phi) is 4.93. The number of carbonyl (C=O) groups excluding carboxylic acids is 1. The highest BCUT2D eigenvalue weighted by atomic mass is 35.5. The topological polar surface area (TPSA) is 33.5 Å². The second-order valence-corrected chi connectivity index (χ2v) is 5.56. The Bertz CT molecular complexity index is 525. The van der Waals surface area contributed by atoms with Gasteiger partial charge in [-0.15, -0.1) is 11.8 Å². The van der Waals surface area contributed by atoms with Crippen molar-refractivity contribution in [3.63, 3.8) is 0 Å². The molecule has 0 aliphatic heterocycles. The molecule has 3 nitrogen and oxygen atoms in total. The van der Waals surface area contributed by atoms with Gasteiger partial charge in [0.1, 0.15) is 5.76 Å². The van der Waals surface area contributed by atoms with Gasteiger partial charge >= 0.3 is 0 Å². The predicted octanol–water partition coefficient (Wildman–Crippen LogP) is 3.68. The molecule has 0 spiro atoms. The van der Waals surface area contributed by atoms with Crippen LogP contribution in [0, 0.1) is 0 Å². The highest BCUT2D eigenvalue weighted by Gasteiger charge is 2.11. The van der Waals surface area contributed by atoms with Crippen molar-refractivity contribution in [2.45, 2.75) is 11.4 Å². The molecule has 0 saturated heterocycles. The summed E-state index contributed by atoms with van der Waals surface area (Å²) in [5.74, 6) is 1.25. The first-order chi connectivity index (χ1) is 9.15. The van der Waals surface area contributed by atoms with Crippen molar-refractivity contribution < 1.29 is 9.21 Å². The third-order valence-electron chi connectivity index (χ3n) is 2.57. The van der Waals surface area contributed by atoms with E-state index in [9.17, 15) is 4.79 Å². The van der Waals surface area contributed by atoms with E-state index in [0.717, 1.165) is 10.7 Å². The average Bonchev–Trinajstić information content (AvgIpc) is 2.90. The molecule has 0 fully saturated rings. The summed E-state index contributed by atoms with van der Waals surface area (Å²) in [5, 5.41) is 0.700. The fourth-order valence-electron chi connectivity index (χ4n) is 1.51. The Hall–Kier alpha value is -1.39. The van der Waals surface area contributed by atoms with Gasteiger partial charge in [-0.2, -0.15) is 0 Å². The molecule has 5 heteroatoms. The van der Waals surface area contributed by atoms with Gasteiger partial charge in [-0.25, -0.2) is 0 Å². The van der Waals surface area contributed by atoms with Gasteiger partial charge in [0, 0.05) is 17.0 Å². The number of thioether (sulfide) groups is 1. The van der Waals surface area contributed by atoms with E-state index in [2.05, 4.69) is 0 Å². The second-order valence-electron chi connectivity index (χ2n) is 4.07. The van der Waals surface area contributed by atoms with Gasteiger partial charge in [-0.05, 0) is 36.4 Å². The fourth-order valence-corrected chi connectivity index (χ4v) is 2.48. The average molecular weight is 296 g/mol. The largest absolute Gasteiger partial charge is 0.467 e. The molecular weight excluding hydrogens is 282 g/mol. The minimum atomic E-state index is 0.0661. The molecule has 19 heavy (non-hydrogen) atoms. The number of halogens is 1. The number of carbonyl (C=O) groups is 1. The third kappa shape index (κ3) is 4.33. The molecule has 2 rings (SSSR count). The van der Waals surface area contributed by atoms with E-state index in [4.69, 9.17) is 16.0 Å². The van der Waals surface area contributed by atoms with Gasteiger partial charge in [0.25, 0.3) is 0 Å². The number of hydrogen-bond donors (Lipinski definition) is 0. The molecule has 1 heterocycles. The molecule has 0 bridgehead atoms. The second kappa shape index (κ2) is 6.68. The van der Waals surface area contributed by atoms with Crippen LogP contribution in [0.1, 0.15) is 5.76 Å². The third-order valence-corrected chi connectivity index (χ3v) is 3.82. The lowest BCUT2D eigenvalue weighted by atomic mass is 10.4. The summed E-state index contributed by atoms with van der Waals surface area (Å²) in [7, 11) is 1.77. The van der Waals surface area contributed by atoms with Gasteiger partial charge in [0.05, 0.1) is 18.6 Å². The van der Waals surface area contributed by atoms with Crippen molar-refractivity contribution in [2.75, 3.05) is 12.8 Å². The summed E-state index contributed by atoms with van der Waals surface area (Å²) in [6.45, 7) is 0.493. The number of rotatable bonds is 5. The molecule has 100 valence electrons. The number of nitrogens with zero attached hydrogens (tertiary/aromatic N) is 1. The van der Waals surface area contributed by atoms with Crippen molar-refractivity contribution >= 4 is 29.3 Å². The lowest BCUT2D eigenvalue weighted by Gasteiger charge is -2.15. The predicted molar refractivity (Wildman–Crippen MR) is 77.4 cm³/mol. The molecule has 0 radical (unpaired) electrons. The highest BCUT2D eigenvalue weighted by molar-refractivity contribution is 8.00. The summed E-state index contributed by atoms with van der Waals surface area (Å²) in [6, 6.07) is 11.1. The van der Waals surface area contributed by atoms with Crippen molar-refractivity contribution in [1.82, 2.24) is 4.90 Å². The number of benzene rings is 1. The zero-order valence-corrected chi connectivity index (χ0v) is 12.1. The smallest absolute Gasteiger partial charge is 0.233 e. The van der Waals surface area contributed by atoms with Crippen LogP contribution in [0.25, 0.3) is 0 Å². The Morgan fingerprint density at radius 3 is 2.68 bits per heavy atom. The van der Waals surface area contributed by atoms with Gasteiger partial charge < -0.3 is 9.32 Å². The Labute approximate surface area is 121 Å². The van der Waals surface area contributed by atoms with Gasteiger partial charge in [-0.3, -0.25) is 4.79 Å². The summed E-state index contributed by atoms with van der Waals surface area (Å²) in [4.78, 5) is 14.6. The number of hydrogen-bond acceptors (Lipinski definition) is 3. The van der Waals surface area contributed by atoms with Crippen LogP contribution in [0.3, 0.4) is 0 Å². The van der Waals surface area contributed by atoms with E-state index in [1.165, 1.54) is 11.8 Å². The molecule has 0 aliphatic rings. The minimum absolute atomic E-state index is 0.0661. The highest BCUT2D eigenvalue weighted by Crippen LogP contribution is 2.20. The first-order valence-corrected chi connectivity index (χ1v) is 7.16. The molecule has 0 aliphatic carbocycles. The fraction of sp³-hybridized carbons (Fsp3) is 0.214. The maximum absolute atomic E-state index is 11.9. The summed E-state index contributed by atoms with van der Waals surface area (Å²) >= 11 is 7.31. The maximum Gasteiger partial charge on any atom is 0.233 e. The lowest BCUT2D eigenvalue weighted by Crippen LogP contribution is -2.27. The molecule has 0 saturated carbocycles. The van der Waals surface area contributed by atoms with Crippen LogP contribution < -0.4 is 0 Å². The summed E-state index contributed by atoms with van der Waals surface area (Å²) in [5.41, 5.74) is 0. The van der Waals surface area contributed by atoms with Gasteiger partial charge in [-0.1, -0.05) is 11.6 Å².